The summed E-state index contributed by atoms with van der Waals surface area (Å²) in [6.07, 6.45) is 6.49. The van der Waals surface area contributed by atoms with E-state index >= 15 is 0 Å². The van der Waals surface area contributed by atoms with E-state index in [0.29, 0.717) is 10.0 Å². The number of aromatic nitrogens is 2. The molecule has 1 atom stereocenters. The molecule has 1 heterocycles. The third-order valence-corrected chi connectivity index (χ3v) is 3.65. The summed E-state index contributed by atoms with van der Waals surface area (Å²) >= 11 is 12.0. The Bertz CT molecular complexity index is 551. The fourth-order valence-corrected chi connectivity index (χ4v) is 2.51. The lowest BCUT2D eigenvalue weighted by molar-refractivity contribution is 0.610. The summed E-state index contributed by atoms with van der Waals surface area (Å²) in [5.74, 6) is 0. The Morgan fingerprint density at radius 1 is 1.37 bits per heavy atom. The molecule has 0 radical (unpaired) electrons. The summed E-state index contributed by atoms with van der Waals surface area (Å²) < 4.78 is 1.80. The van der Waals surface area contributed by atoms with Gasteiger partial charge in [0.25, 0.3) is 0 Å². The highest BCUT2D eigenvalue weighted by Crippen LogP contribution is 2.22. The van der Waals surface area contributed by atoms with Gasteiger partial charge >= 0.3 is 0 Å². The van der Waals surface area contributed by atoms with Crippen molar-refractivity contribution in [1.29, 1.82) is 0 Å². The van der Waals surface area contributed by atoms with Crippen LogP contribution in [0.5, 0.6) is 0 Å². The molecular weight excluding hydrogens is 281 g/mol. The number of nitrogens with zero attached hydrogens (tertiary/aromatic N) is 2. The maximum absolute atomic E-state index is 6.15. The molecule has 1 unspecified atom stereocenters. The molecule has 2 N–H and O–H groups in total. The predicted octanol–water partition coefficient (Wildman–Crippen LogP) is 3.23. The van der Waals surface area contributed by atoms with Crippen LogP contribution in [0, 0.1) is 0 Å². The highest BCUT2D eigenvalue weighted by atomic mass is 35.5. The van der Waals surface area contributed by atoms with Gasteiger partial charge in [-0.25, -0.2) is 0 Å². The number of rotatable bonds is 5. The topological polar surface area (TPSA) is 43.8 Å². The SMILES string of the molecule is Cn1cc(CCC(N)Cc2ccc(Cl)cc2Cl)cn1. The van der Waals surface area contributed by atoms with Gasteiger partial charge in [0, 0.05) is 29.3 Å². The number of hydrogen-bond acceptors (Lipinski definition) is 2. The Morgan fingerprint density at radius 2 is 2.16 bits per heavy atom. The Hall–Kier alpha value is -1.03. The van der Waals surface area contributed by atoms with Gasteiger partial charge < -0.3 is 5.73 Å². The zero-order valence-electron chi connectivity index (χ0n) is 10.8. The van der Waals surface area contributed by atoms with Gasteiger partial charge in [-0.3, -0.25) is 4.68 Å². The Balaban J connectivity index is 1.88. The maximum atomic E-state index is 6.15. The van der Waals surface area contributed by atoms with Gasteiger partial charge in [0.15, 0.2) is 0 Å². The van der Waals surface area contributed by atoms with Gasteiger partial charge in [0.2, 0.25) is 0 Å². The van der Waals surface area contributed by atoms with Gasteiger partial charge in [-0.2, -0.15) is 5.10 Å². The minimum Gasteiger partial charge on any atom is -0.327 e. The van der Waals surface area contributed by atoms with E-state index in [1.807, 2.05) is 31.6 Å². The lowest BCUT2D eigenvalue weighted by atomic mass is 10.0. The molecular formula is C14H17Cl2N3. The Morgan fingerprint density at radius 3 is 2.79 bits per heavy atom. The molecule has 0 spiro atoms. The molecule has 0 aliphatic carbocycles. The first-order chi connectivity index (χ1) is 9.04. The first kappa shape index (κ1) is 14.4. The number of halogens is 2. The van der Waals surface area contributed by atoms with Crippen LogP contribution < -0.4 is 5.73 Å². The summed E-state index contributed by atoms with van der Waals surface area (Å²) in [5, 5.41) is 5.48. The molecule has 0 aliphatic heterocycles. The van der Waals surface area contributed by atoms with Gasteiger partial charge in [-0.1, -0.05) is 29.3 Å². The molecule has 2 rings (SSSR count). The third kappa shape index (κ3) is 4.23. The molecule has 1 aromatic heterocycles. The monoisotopic (exact) mass is 297 g/mol. The largest absolute Gasteiger partial charge is 0.327 e. The van der Waals surface area contributed by atoms with E-state index in [2.05, 4.69) is 5.10 Å². The molecule has 3 nitrogen and oxygen atoms in total. The number of aryl methyl sites for hydroxylation is 2. The highest BCUT2D eigenvalue weighted by molar-refractivity contribution is 6.35. The van der Waals surface area contributed by atoms with E-state index < -0.39 is 0 Å². The van der Waals surface area contributed by atoms with Crippen molar-refractivity contribution in [3.8, 4) is 0 Å². The molecule has 19 heavy (non-hydrogen) atoms. The van der Waals surface area contributed by atoms with Crippen LogP contribution in [-0.2, 0) is 19.9 Å². The van der Waals surface area contributed by atoms with E-state index in [1.54, 1.807) is 10.7 Å². The second kappa shape index (κ2) is 6.42. The van der Waals surface area contributed by atoms with Gasteiger partial charge in [0.1, 0.15) is 0 Å². The second-order valence-electron chi connectivity index (χ2n) is 4.76. The lowest BCUT2D eigenvalue weighted by Gasteiger charge is -2.12. The van der Waals surface area contributed by atoms with Crippen LogP contribution in [0.4, 0.5) is 0 Å². The fourth-order valence-electron chi connectivity index (χ4n) is 2.02. The van der Waals surface area contributed by atoms with Crippen molar-refractivity contribution in [2.24, 2.45) is 12.8 Å². The van der Waals surface area contributed by atoms with Crippen molar-refractivity contribution in [3.63, 3.8) is 0 Å². The maximum Gasteiger partial charge on any atom is 0.0521 e. The molecule has 0 aliphatic rings. The van der Waals surface area contributed by atoms with Gasteiger partial charge in [-0.15, -0.1) is 0 Å². The minimum absolute atomic E-state index is 0.0823. The number of hydrogen-bond donors (Lipinski definition) is 1. The van der Waals surface area contributed by atoms with Gasteiger partial charge in [-0.05, 0) is 42.5 Å². The van der Waals surface area contributed by atoms with Crippen molar-refractivity contribution >= 4 is 23.2 Å². The molecule has 102 valence electrons. The van der Waals surface area contributed by atoms with Crippen LogP contribution in [0.25, 0.3) is 0 Å². The van der Waals surface area contributed by atoms with E-state index in [9.17, 15) is 0 Å². The average molecular weight is 298 g/mol. The van der Waals surface area contributed by atoms with Crippen molar-refractivity contribution < 1.29 is 0 Å². The predicted molar refractivity (Wildman–Crippen MR) is 79.7 cm³/mol. The summed E-state index contributed by atoms with van der Waals surface area (Å²) in [6, 6.07) is 5.62. The van der Waals surface area contributed by atoms with Crippen LogP contribution in [0.3, 0.4) is 0 Å². The molecule has 0 saturated carbocycles. The lowest BCUT2D eigenvalue weighted by Crippen LogP contribution is -2.23. The van der Waals surface area contributed by atoms with E-state index in [0.717, 1.165) is 24.8 Å². The van der Waals surface area contributed by atoms with Gasteiger partial charge in [0.05, 0.1) is 6.20 Å². The van der Waals surface area contributed by atoms with E-state index in [1.165, 1.54) is 5.56 Å². The van der Waals surface area contributed by atoms with Crippen molar-refractivity contribution in [2.45, 2.75) is 25.3 Å². The molecule has 0 amide bonds. The molecule has 2 aromatic rings. The quantitative estimate of drug-likeness (QED) is 0.921. The summed E-state index contributed by atoms with van der Waals surface area (Å²) in [7, 11) is 1.91. The van der Waals surface area contributed by atoms with Crippen molar-refractivity contribution in [1.82, 2.24) is 9.78 Å². The number of nitrogens with two attached hydrogens (primary N) is 1. The molecule has 1 aromatic carbocycles. The number of benzene rings is 1. The van der Waals surface area contributed by atoms with Crippen molar-refractivity contribution in [2.75, 3.05) is 0 Å². The van der Waals surface area contributed by atoms with Crippen molar-refractivity contribution in [3.05, 3.63) is 51.8 Å². The average Bonchev–Trinajstić information content (AvgIpc) is 2.76. The Kier molecular flexibility index (Phi) is 4.86. The standard InChI is InChI=1S/C14H17Cl2N3/c1-19-9-10(8-18-19)2-5-13(17)6-11-3-4-12(15)7-14(11)16/h3-4,7-9,13H,2,5-6,17H2,1H3. The smallest absolute Gasteiger partial charge is 0.0521 e. The normalized spacial score (nSPS) is 12.6. The Labute approximate surface area is 123 Å². The van der Waals surface area contributed by atoms with Crippen LogP contribution in [0.15, 0.2) is 30.6 Å². The van der Waals surface area contributed by atoms with Crippen LogP contribution in [0.2, 0.25) is 10.0 Å². The van der Waals surface area contributed by atoms with E-state index in [4.69, 9.17) is 28.9 Å². The summed E-state index contributed by atoms with van der Waals surface area (Å²) in [6.45, 7) is 0. The highest BCUT2D eigenvalue weighted by Gasteiger charge is 2.08. The zero-order valence-corrected chi connectivity index (χ0v) is 12.3. The summed E-state index contributed by atoms with van der Waals surface area (Å²) in [4.78, 5) is 0. The zero-order chi connectivity index (χ0) is 13.8. The first-order valence-corrected chi connectivity index (χ1v) is 6.97. The van der Waals surface area contributed by atoms with Crippen LogP contribution in [0.1, 0.15) is 17.5 Å². The molecule has 0 bridgehead atoms. The van der Waals surface area contributed by atoms with E-state index in [-0.39, 0.29) is 6.04 Å². The fraction of sp³-hybridized carbons (Fsp3) is 0.357. The molecule has 0 fully saturated rings. The van der Waals surface area contributed by atoms with Crippen LogP contribution >= 0.6 is 23.2 Å². The van der Waals surface area contributed by atoms with Crippen LogP contribution in [-0.4, -0.2) is 15.8 Å². The molecule has 5 heteroatoms. The minimum atomic E-state index is 0.0823. The summed E-state index contributed by atoms with van der Waals surface area (Å²) in [5.41, 5.74) is 8.40. The first-order valence-electron chi connectivity index (χ1n) is 6.21. The molecule has 0 saturated heterocycles. The second-order valence-corrected chi connectivity index (χ2v) is 5.60. The third-order valence-electron chi connectivity index (χ3n) is 3.06.